The first-order chi connectivity index (χ1) is 15.0. The molecular formula is C25H17Cl2NO3. The third-order valence-corrected chi connectivity index (χ3v) is 6.09. The van der Waals surface area contributed by atoms with Gasteiger partial charge in [-0.25, -0.2) is 9.78 Å². The van der Waals surface area contributed by atoms with Crippen LogP contribution < -0.4 is 0 Å². The Morgan fingerprint density at radius 2 is 1.90 bits per heavy atom. The van der Waals surface area contributed by atoms with E-state index in [4.69, 9.17) is 32.6 Å². The van der Waals surface area contributed by atoms with E-state index >= 15 is 0 Å². The standard InChI is InChI=1S/C25H17Cl2NO3/c26-15-8-10-20(27)19(13-15)22-11-9-16(31-22)12-14-4-3-6-18-23(25(29)30)17-5-1-2-7-21(17)28-24(14)18/h1-2,5,7-13H,3-4,6H2,(H,29,30)/b14-12+. The zero-order valence-corrected chi connectivity index (χ0v) is 17.9. The Balaban J connectivity index is 1.62. The number of furan rings is 1. The van der Waals surface area contributed by atoms with Gasteiger partial charge in [0, 0.05) is 16.0 Å². The quantitative estimate of drug-likeness (QED) is 0.354. The van der Waals surface area contributed by atoms with E-state index in [0.717, 1.165) is 35.2 Å². The van der Waals surface area contributed by atoms with Crippen LogP contribution in [0.4, 0.5) is 0 Å². The molecule has 154 valence electrons. The van der Waals surface area contributed by atoms with E-state index in [2.05, 4.69) is 0 Å². The van der Waals surface area contributed by atoms with Crippen molar-refractivity contribution in [1.29, 1.82) is 0 Å². The first kappa shape index (κ1) is 19.9. The van der Waals surface area contributed by atoms with E-state index in [1.54, 1.807) is 18.2 Å². The van der Waals surface area contributed by atoms with Gasteiger partial charge in [-0.3, -0.25) is 0 Å². The first-order valence-electron chi connectivity index (χ1n) is 9.92. The monoisotopic (exact) mass is 449 g/mol. The van der Waals surface area contributed by atoms with Crippen molar-refractivity contribution in [2.45, 2.75) is 19.3 Å². The van der Waals surface area contributed by atoms with Crippen molar-refractivity contribution in [3.05, 3.63) is 87.2 Å². The lowest BCUT2D eigenvalue weighted by molar-refractivity contribution is 0.0697. The number of aromatic carboxylic acids is 1. The summed E-state index contributed by atoms with van der Waals surface area (Å²) >= 11 is 12.4. The Hall–Kier alpha value is -3.08. The van der Waals surface area contributed by atoms with Gasteiger partial charge in [0.2, 0.25) is 0 Å². The number of halogens is 2. The van der Waals surface area contributed by atoms with E-state index in [0.29, 0.717) is 44.5 Å². The molecule has 31 heavy (non-hydrogen) atoms. The summed E-state index contributed by atoms with van der Waals surface area (Å²) in [4.78, 5) is 16.9. The minimum atomic E-state index is -0.924. The van der Waals surface area contributed by atoms with Gasteiger partial charge in [0.1, 0.15) is 11.5 Å². The highest BCUT2D eigenvalue weighted by Crippen LogP contribution is 2.37. The van der Waals surface area contributed by atoms with Crippen LogP contribution in [0.25, 0.3) is 33.9 Å². The van der Waals surface area contributed by atoms with Gasteiger partial charge in [-0.15, -0.1) is 0 Å². The summed E-state index contributed by atoms with van der Waals surface area (Å²) in [5.74, 6) is 0.348. The average Bonchev–Trinajstić information content (AvgIpc) is 3.22. The molecule has 0 unspecified atom stereocenters. The summed E-state index contributed by atoms with van der Waals surface area (Å²) in [7, 11) is 0. The number of nitrogens with zero attached hydrogens (tertiary/aromatic N) is 1. The highest BCUT2D eigenvalue weighted by atomic mass is 35.5. The number of fused-ring (bicyclic) bond motifs is 2. The Morgan fingerprint density at radius 3 is 2.74 bits per heavy atom. The lowest BCUT2D eigenvalue weighted by Gasteiger charge is -2.21. The fourth-order valence-electron chi connectivity index (χ4n) is 4.15. The maximum Gasteiger partial charge on any atom is 0.336 e. The Labute approximate surface area is 188 Å². The second kappa shape index (κ2) is 7.88. The van der Waals surface area contributed by atoms with E-state index in [1.165, 1.54) is 0 Å². The smallest absolute Gasteiger partial charge is 0.336 e. The molecule has 1 aliphatic carbocycles. The highest BCUT2D eigenvalue weighted by Gasteiger charge is 2.25. The maximum absolute atomic E-state index is 12.1. The van der Waals surface area contributed by atoms with E-state index in [1.807, 2.05) is 42.5 Å². The Kier molecular flexibility index (Phi) is 5.05. The van der Waals surface area contributed by atoms with Crippen LogP contribution >= 0.6 is 23.2 Å². The van der Waals surface area contributed by atoms with Crippen molar-refractivity contribution in [3.63, 3.8) is 0 Å². The predicted octanol–water partition coefficient (Wildman–Crippen LogP) is 7.38. The fourth-order valence-corrected chi connectivity index (χ4v) is 4.54. The predicted molar refractivity (Wildman–Crippen MR) is 124 cm³/mol. The minimum Gasteiger partial charge on any atom is -0.478 e. The van der Waals surface area contributed by atoms with Crippen molar-refractivity contribution in [2.75, 3.05) is 0 Å². The number of carboxylic acid groups (broad SMARTS) is 1. The van der Waals surface area contributed by atoms with Gasteiger partial charge in [0.15, 0.2) is 0 Å². The Morgan fingerprint density at radius 1 is 1.06 bits per heavy atom. The van der Waals surface area contributed by atoms with Crippen LogP contribution in [0.3, 0.4) is 0 Å². The van der Waals surface area contributed by atoms with E-state index < -0.39 is 5.97 Å². The van der Waals surface area contributed by atoms with Gasteiger partial charge in [-0.2, -0.15) is 0 Å². The molecule has 0 fully saturated rings. The molecule has 2 aromatic carbocycles. The molecule has 0 atom stereocenters. The number of hydrogen-bond donors (Lipinski definition) is 1. The number of allylic oxidation sites excluding steroid dienone is 1. The third-order valence-electron chi connectivity index (χ3n) is 5.52. The molecule has 2 aromatic heterocycles. The molecule has 0 aliphatic heterocycles. The molecule has 5 rings (SSSR count). The largest absolute Gasteiger partial charge is 0.478 e. The summed E-state index contributed by atoms with van der Waals surface area (Å²) in [5.41, 5.74) is 4.23. The SMILES string of the molecule is O=C(O)c1c2c(nc3ccccc13)/C(=C/c1ccc(-c3cc(Cl)ccc3Cl)o1)CCC2. The van der Waals surface area contributed by atoms with Crippen LogP contribution in [0.5, 0.6) is 0 Å². The van der Waals surface area contributed by atoms with Gasteiger partial charge in [0.25, 0.3) is 0 Å². The molecule has 4 aromatic rings. The molecule has 6 heteroatoms. The summed E-state index contributed by atoms with van der Waals surface area (Å²) in [5, 5.41) is 11.7. The number of carbonyl (C=O) groups is 1. The summed E-state index contributed by atoms with van der Waals surface area (Å²) in [6.45, 7) is 0. The van der Waals surface area contributed by atoms with Gasteiger partial charge < -0.3 is 9.52 Å². The van der Waals surface area contributed by atoms with Crippen LogP contribution in [0, 0.1) is 0 Å². The molecule has 4 nitrogen and oxygen atoms in total. The van der Waals surface area contributed by atoms with Crippen molar-refractivity contribution in [1.82, 2.24) is 4.98 Å². The zero-order valence-electron chi connectivity index (χ0n) is 16.4. The van der Waals surface area contributed by atoms with Crippen LogP contribution in [0.15, 0.2) is 59.0 Å². The molecular weight excluding hydrogens is 433 g/mol. The van der Waals surface area contributed by atoms with Crippen molar-refractivity contribution < 1.29 is 14.3 Å². The lowest BCUT2D eigenvalue weighted by atomic mass is 9.86. The summed E-state index contributed by atoms with van der Waals surface area (Å²) in [6.07, 6.45) is 4.28. The maximum atomic E-state index is 12.1. The summed E-state index contributed by atoms with van der Waals surface area (Å²) < 4.78 is 6.02. The van der Waals surface area contributed by atoms with Gasteiger partial charge in [-0.1, -0.05) is 41.4 Å². The normalized spacial score (nSPS) is 14.7. The number of aromatic nitrogens is 1. The van der Waals surface area contributed by atoms with Gasteiger partial charge in [0.05, 0.1) is 21.8 Å². The lowest BCUT2D eigenvalue weighted by Crippen LogP contribution is -2.13. The number of carboxylic acids is 1. The highest BCUT2D eigenvalue weighted by molar-refractivity contribution is 6.35. The number of para-hydroxylation sites is 1. The first-order valence-corrected chi connectivity index (χ1v) is 10.7. The van der Waals surface area contributed by atoms with Gasteiger partial charge in [-0.05, 0) is 72.9 Å². The third kappa shape index (κ3) is 3.62. The second-order valence-electron chi connectivity index (χ2n) is 7.49. The van der Waals surface area contributed by atoms with E-state index in [9.17, 15) is 9.90 Å². The fraction of sp³-hybridized carbons (Fsp3) is 0.120. The van der Waals surface area contributed by atoms with Gasteiger partial charge >= 0.3 is 5.97 Å². The number of pyridine rings is 1. The summed E-state index contributed by atoms with van der Waals surface area (Å²) in [6, 6.07) is 16.3. The number of benzene rings is 2. The van der Waals surface area contributed by atoms with Crippen molar-refractivity contribution >= 4 is 51.7 Å². The number of rotatable bonds is 3. The van der Waals surface area contributed by atoms with E-state index in [-0.39, 0.29) is 0 Å². The number of hydrogen-bond acceptors (Lipinski definition) is 3. The van der Waals surface area contributed by atoms with Crippen molar-refractivity contribution in [3.8, 4) is 11.3 Å². The second-order valence-corrected chi connectivity index (χ2v) is 8.33. The molecule has 0 spiro atoms. The van der Waals surface area contributed by atoms with Crippen LogP contribution in [-0.4, -0.2) is 16.1 Å². The molecule has 0 radical (unpaired) electrons. The molecule has 2 heterocycles. The van der Waals surface area contributed by atoms with Crippen LogP contribution in [0.2, 0.25) is 10.0 Å². The topological polar surface area (TPSA) is 63.3 Å². The zero-order chi connectivity index (χ0) is 21.5. The minimum absolute atomic E-state index is 0.344. The van der Waals surface area contributed by atoms with Crippen molar-refractivity contribution in [2.24, 2.45) is 0 Å². The molecule has 1 aliphatic rings. The Bertz CT molecular complexity index is 1370. The molecule has 0 saturated heterocycles. The van der Waals surface area contributed by atoms with Crippen LogP contribution in [0.1, 0.15) is 40.2 Å². The average molecular weight is 450 g/mol. The molecule has 1 N–H and O–H groups in total. The molecule has 0 bridgehead atoms. The molecule has 0 saturated carbocycles. The van der Waals surface area contributed by atoms with Crippen LogP contribution in [-0.2, 0) is 6.42 Å². The molecule has 0 amide bonds.